The monoisotopic (exact) mass is 209 g/mol. The maximum absolute atomic E-state index is 5.75. The molecule has 0 aliphatic heterocycles. The van der Waals surface area contributed by atoms with Crippen LogP contribution in [0.3, 0.4) is 0 Å². The Bertz CT molecular complexity index is 291. The molecule has 1 aromatic heterocycles. The Kier molecular flexibility index (Phi) is 5.07. The van der Waals surface area contributed by atoms with Gasteiger partial charge in [-0.15, -0.1) is 0 Å². The second-order valence-corrected chi connectivity index (χ2v) is 3.48. The number of nitrogens with two attached hydrogens (primary N) is 1. The molecule has 0 unspecified atom stereocenters. The van der Waals surface area contributed by atoms with E-state index in [4.69, 9.17) is 10.5 Å². The molecule has 0 aliphatic carbocycles. The Morgan fingerprint density at radius 1 is 1.53 bits per heavy atom. The molecule has 0 amide bonds. The van der Waals surface area contributed by atoms with Gasteiger partial charge in [0, 0.05) is 31.5 Å². The van der Waals surface area contributed by atoms with Crippen LogP contribution in [-0.2, 0) is 11.3 Å². The number of ether oxygens (including phenoxy) is 1. The van der Waals surface area contributed by atoms with Gasteiger partial charge in [-0.2, -0.15) is 0 Å². The maximum Gasteiger partial charge on any atom is 0.127 e. The molecule has 0 aliphatic rings. The number of aromatic nitrogens is 1. The van der Waals surface area contributed by atoms with E-state index in [1.54, 1.807) is 6.20 Å². The quantitative estimate of drug-likeness (QED) is 0.714. The number of likely N-dealkylation sites (N-methyl/N-ethyl adjacent to an activating group) is 1. The summed E-state index contributed by atoms with van der Waals surface area (Å²) >= 11 is 0. The van der Waals surface area contributed by atoms with E-state index in [-0.39, 0.29) is 0 Å². The fourth-order valence-corrected chi connectivity index (χ4v) is 1.32. The molecule has 2 N–H and O–H groups in total. The number of nitrogens with zero attached hydrogens (tertiary/aromatic N) is 2. The van der Waals surface area contributed by atoms with Crippen molar-refractivity contribution in [1.82, 2.24) is 9.88 Å². The third-order valence-electron chi connectivity index (χ3n) is 2.19. The highest BCUT2D eigenvalue weighted by atomic mass is 16.5. The Balaban J connectivity index is 2.37. The predicted octanol–water partition coefficient (Wildman–Crippen LogP) is 1.13. The molecule has 1 heterocycles. The molecule has 1 rings (SSSR count). The van der Waals surface area contributed by atoms with Crippen LogP contribution >= 0.6 is 0 Å². The standard InChI is InChI=1S/C11H19N3O/c1-3-15-8-7-14(2)9-10-5-4-6-13-11(10)12/h4-6H,3,7-9H2,1-2H3,(H2,12,13). The van der Waals surface area contributed by atoms with E-state index in [0.717, 1.165) is 31.9 Å². The van der Waals surface area contributed by atoms with Crippen LogP contribution in [0.25, 0.3) is 0 Å². The van der Waals surface area contributed by atoms with Gasteiger partial charge in [0.05, 0.1) is 6.61 Å². The van der Waals surface area contributed by atoms with Crippen molar-refractivity contribution in [2.45, 2.75) is 13.5 Å². The lowest BCUT2D eigenvalue weighted by atomic mass is 10.2. The van der Waals surface area contributed by atoms with Crippen molar-refractivity contribution < 1.29 is 4.74 Å². The lowest BCUT2D eigenvalue weighted by molar-refractivity contribution is 0.120. The molecule has 84 valence electrons. The minimum absolute atomic E-state index is 0.612. The maximum atomic E-state index is 5.75. The average molecular weight is 209 g/mol. The number of pyridine rings is 1. The summed E-state index contributed by atoms with van der Waals surface area (Å²) in [4.78, 5) is 6.22. The minimum Gasteiger partial charge on any atom is -0.383 e. The van der Waals surface area contributed by atoms with Crippen LogP contribution in [0.15, 0.2) is 18.3 Å². The van der Waals surface area contributed by atoms with E-state index in [9.17, 15) is 0 Å². The first-order valence-corrected chi connectivity index (χ1v) is 5.19. The van der Waals surface area contributed by atoms with Gasteiger partial charge in [-0.3, -0.25) is 4.90 Å². The fraction of sp³-hybridized carbons (Fsp3) is 0.545. The number of nitrogen functional groups attached to an aromatic ring is 1. The van der Waals surface area contributed by atoms with Crippen LogP contribution in [0.4, 0.5) is 5.82 Å². The molecule has 1 aromatic rings. The van der Waals surface area contributed by atoms with Gasteiger partial charge in [0.2, 0.25) is 0 Å². The third kappa shape index (κ3) is 4.27. The summed E-state index contributed by atoms with van der Waals surface area (Å²) in [6.45, 7) is 5.24. The van der Waals surface area contributed by atoms with Crippen molar-refractivity contribution in [2.24, 2.45) is 0 Å². The van der Waals surface area contributed by atoms with Gasteiger partial charge in [-0.25, -0.2) is 4.98 Å². The highest BCUT2D eigenvalue weighted by Crippen LogP contribution is 2.08. The first-order chi connectivity index (χ1) is 7.24. The van der Waals surface area contributed by atoms with E-state index in [1.807, 2.05) is 26.1 Å². The first-order valence-electron chi connectivity index (χ1n) is 5.19. The number of anilines is 1. The molecule has 4 nitrogen and oxygen atoms in total. The molecule has 0 saturated carbocycles. The zero-order chi connectivity index (χ0) is 11.1. The molecule has 0 bridgehead atoms. The van der Waals surface area contributed by atoms with Crippen molar-refractivity contribution in [3.05, 3.63) is 23.9 Å². The predicted molar refractivity (Wildman–Crippen MR) is 61.5 cm³/mol. The van der Waals surface area contributed by atoms with Crippen LogP contribution in [0.5, 0.6) is 0 Å². The van der Waals surface area contributed by atoms with Crippen LogP contribution < -0.4 is 5.73 Å². The highest BCUT2D eigenvalue weighted by molar-refractivity contribution is 5.38. The molecule has 0 saturated heterocycles. The highest BCUT2D eigenvalue weighted by Gasteiger charge is 2.03. The van der Waals surface area contributed by atoms with Crippen molar-refractivity contribution in [3.8, 4) is 0 Å². The van der Waals surface area contributed by atoms with Crippen LogP contribution in [0.1, 0.15) is 12.5 Å². The van der Waals surface area contributed by atoms with E-state index >= 15 is 0 Å². The van der Waals surface area contributed by atoms with Gasteiger partial charge in [-0.1, -0.05) is 6.07 Å². The molecule has 0 atom stereocenters. The summed E-state index contributed by atoms with van der Waals surface area (Å²) in [6, 6.07) is 3.90. The molecule has 0 fully saturated rings. The van der Waals surface area contributed by atoms with E-state index in [1.165, 1.54) is 0 Å². The van der Waals surface area contributed by atoms with Crippen molar-refractivity contribution in [2.75, 3.05) is 32.5 Å². The lowest BCUT2D eigenvalue weighted by Gasteiger charge is -2.16. The topological polar surface area (TPSA) is 51.4 Å². The first kappa shape index (κ1) is 11.9. The average Bonchev–Trinajstić information content (AvgIpc) is 2.22. The van der Waals surface area contributed by atoms with Gasteiger partial charge in [0.1, 0.15) is 5.82 Å². The van der Waals surface area contributed by atoms with Crippen molar-refractivity contribution in [1.29, 1.82) is 0 Å². The summed E-state index contributed by atoms with van der Waals surface area (Å²) < 4.78 is 5.28. The summed E-state index contributed by atoms with van der Waals surface area (Å²) in [5, 5.41) is 0. The fourth-order valence-electron chi connectivity index (χ4n) is 1.32. The van der Waals surface area contributed by atoms with E-state index in [0.29, 0.717) is 5.82 Å². The van der Waals surface area contributed by atoms with Gasteiger partial charge in [0.25, 0.3) is 0 Å². The Hall–Kier alpha value is -1.13. The zero-order valence-electron chi connectivity index (χ0n) is 9.44. The molecule has 4 heteroatoms. The summed E-state index contributed by atoms with van der Waals surface area (Å²) in [5.74, 6) is 0.612. The van der Waals surface area contributed by atoms with Crippen LogP contribution in [0, 0.1) is 0 Å². The summed E-state index contributed by atoms with van der Waals surface area (Å²) in [6.07, 6.45) is 1.71. The SMILES string of the molecule is CCOCCN(C)Cc1cccnc1N. The van der Waals surface area contributed by atoms with E-state index < -0.39 is 0 Å². The number of rotatable bonds is 6. The molecular formula is C11H19N3O. The summed E-state index contributed by atoms with van der Waals surface area (Å²) in [5.41, 5.74) is 6.82. The third-order valence-corrected chi connectivity index (χ3v) is 2.19. The van der Waals surface area contributed by atoms with Crippen molar-refractivity contribution >= 4 is 5.82 Å². The second-order valence-electron chi connectivity index (χ2n) is 3.48. The van der Waals surface area contributed by atoms with Crippen LogP contribution in [0.2, 0.25) is 0 Å². The van der Waals surface area contributed by atoms with Crippen LogP contribution in [-0.4, -0.2) is 36.7 Å². The normalized spacial score (nSPS) is 10.9. The Morgan fingerprint density at radius 2 is 2.33 bits per heavy atom. The molecule has 0 radical (unpaired) electrons. The molecule has 0 aromatic carbocycles. The lowest BCUT2D eigenvalue weighted by Crippen LogP contribution is -2.23. The second kappa shape index (κ2) is 6.37. The van der Waals surface area contributed by atoms with Gasteiger partial charge < -0.3 is 10.5 Å². The smallest absolute Gasteiger partial charge is 0.127 e. The number of hydrogen-bond donors (Lipinski definition) is 1. The molecule has 15 heavy (non-hydrogen) atoms. The molecule has 0 spiro atoms. The number of hydrogen-bond acceptors (Lipinski definition) is 4. The summed E-state index contributed by atoms with van der Waals surface area (Å²) in [7, 11) is 2.05. The van der Waals surface area contributed by atoms with Gasteiger partial charge in [-0.05, 0) is 20.0 Å². The van der Waals surface area contributed by atoms with Gasteiger partial charge >= 0.3 is 0 Å². The Labute approximate surface area is 91.1 Å². The largest absolute Gasteiger partial charge is 0.383 e. The molecular weight excluding hydrogens is 190 g/mol. The van der Waals surface area contributed by atoms with E-state index in [2.05, 4.69) is 9.88 Å². The zero-order valence-corrected chi connectivity index (χ0v) is 9.44. The minimum atomic E-state index is 0.612. The van der Waals surface area contributed by atoms with Gasteiger partial charge in [0.15, 0.2) is 0 Å². The Morgan fingerprint density at radius 3 is 3.00 bits per heavy atom. The van der Waals surface area contributed by atoms with Crippen molar-refractivity contribution in [3.63, 3.8) is 0 Å².